The summed E-state index contributed by atoms with van der Waals surface area (Å²) in [6.45, 7) is 5.59. The summed E-state index contributed by atoms with van der Waals surface area (Å²) in [7, 11) is 2.02. The molecule has 2 rings (SSSR count). The van der Waals surface area contributed by atoms with Crippen LogP contribution in [0.4, 0.5) is 0 Å². The van der Waals surface area contributed by atoms with Gasteiger partial charge in [0.15, 0.2) is 0 Å². The molecular weight excluding hydrogens is 228 g/mol. The minimum Gasteiger partial charge on any atom is -0.315 e. The van der Waals surface area contributed by atoms with Crippen LogP contribution in [-0.2, 0) is 13.0 Å². The van der Waals surface area contributed by atoms with Gasteiger partial charge in [-0.1, -0.05) is 26.7 Å². The van der Waals surface area contributed by atoms with Crippen LogP contribution in [0.1, 0.15) is 61.0 Å². The second-order valence-electron chi connectivity index (χ2n) is 5.32. The first-order chi connectivity index (χ1) is 8.24. The predicted molar refractivity (Wildman–Crippen MR) is 74.6 cm³/mol. The minimum atomic E-state index is 0.746. The third-order valence-corrected chi connectivity index (χ3v) is 4.92. The molecular formula is C14H24N2S. The molecule has 0 bridgehead atoms. The smallest absolute Gasteiger partial charge is 0.0962 e. The Balaban J connectivity index is 2.14. The summed E-state index contributed by atoms with van der Waals surface area (Å²) in [5, 5.41) is 4.67. The van der Waals surface area contributed by atoms with E-state index in [1.807, 2.05) is 18.4 Å². The molecule has 17 heavy (non-hydrogen) atoms. The van der Waals surface area contributed by atoms with Gasteiger partial charge in [-0.2, -0.15) is 0 Å². The summed E-state index contributed by atoms with van der Waals surface area (Å²) >= 11 is 1.95. The van der Waals surface area contributed by atoms with Crippen molar-refractivity contribution in [3.05, 3.63) is 15.6 Å². The van der Waals surface area contributed by atoms with E-state index in [1.165, 1.54) is 41.3 Å². The van der Waals surface area contributed by atoms with Crippen molar-refractivity contribution >= 4 is 11.3 Å². The molecule has 1 aromatic heterocycles. The van der Waals surface area contributed by atoms with Crippen LogP contribution >= 0.6 is 11.3 Å². The van der Waals surface area contributed by atoms with Gasteiger partial charge < -0.3 is 5.32 Å². The summed E-state index contributed by atoms with van der Waals surface area (Å²) in [5.74, 6) is 1.64. The summed E-state index contributed by atoms with van der Waals surface area (Å²) in [6.07, 6.45) is 6.41. The SMILES string of the molecule is CCCc1nc(C2CCC(C)C2)sc1CNC. The van der Waals surface area contributed by atoms with Crippen molar-refractivity contribution in [3.8, 4) is 0 Å². The Labute approximate surface area is 109 Å². The monoisotopic (exact) mass is 252 g/mol. The zero-order chi connectivity index (χ0) is 12.3. The largest absolute Gasteiger partial charge is 0.315 e. The van der Waals surface area contributed by atoms with E-state index in [0.717, 1.165) is 24.8 Å². The van der Waals surface area contributed by atoms with Crippen molar-refractivity contribution in [2.75, 3.05) is 7.05 Å². The zero-order valence-electron chi connectivity index (χ0n) is 11.3. The van der Waals surface area contributed by atoms with Crippen molar-refractivity contribution in [1.82, 2.24) is 10.3 Å². The fourth-order valence-electron chi connectivity index (χ4n) is 2.74. The van der Waals surface area contributed by atoms with Gasteiger partial charge in [0, 0.05) is 17.3 Å². The van der Waals surface area contributed by atoms with Crippen molar-refractivity contribution in [2.24, 2.45) is 5.92 Å². The second kappa shape index (κ2) is 5.96. The molecule has 0 radical (unpaired) electrons. The molecule has 2 unspecified atom stereocenters. The number of hydrogen-bond donors (Lipinski definition) is 1. The normalized spacial score (nSPS) is 24.4. The van der Waals surface area contributed by atoms with Gasteiger partial charge in [0.25, 0.3) is 0 Å². The van der Waals surface area contributed by atoms with Crippen LogP contribution in [0.15, 0.2) is 0 Å². The topological polar surface area (TPSA) is 24.9 Å². The Morgan fingerprint density at radius 3 is 2.82 bits per heavy atom. The molecule has 3 heteroatoms. The molecule has 1 saturated carbocycles. The average Bonchev–Trinajstić information content (AvgIpc) is 2.87. The summed E-state index contributed by atoms with van der Waals surface area (Å²) in [5.41, 5.74) is 1.35. The molecule has 96 valence electrons. The Kier molecular flexibility index (Phi) is 4.57. The third kappa shape index (κ3) is 3.08. The van der Waals surface area contributed by atoms with Gasteiger partial charge in [0.05, 0.1) is 10.7 Å². The lowest BCUT2D eigenvalue weighted by atomic mass is 10.1. The highest BCUT2D eigenvalue weighted by Gasteiger charge is 2.26. The second-order valence-corrected chi connectivity index (χ2v) is 6.43. The van der Waals surface area contributed by atoms with E-state index >= 15 is 0 Å². The molecule has 0 spiro atoms. The number of nitrogens with one attached hydrogen (secondary N) is 1. The summed E-state index contributed by atoms with van der Waals surface area (Å²) < 4.78 is 0. The Morgan fingerprint density at radius 1 is 1.41 bits per heavy atom. The van der Waals surface area contributed by atoms with Gasteiger partial charge in [-0.15, -0.1) is 11.3 Å². The molecule has 2 nitrogen and oxygen atoms in total. The number of aromatic nitrogens is 1. The maximum absolute atomic E-state index is 4.91. The van der Waals surface area contributed by atoms with Gasteiger partial charge in [0.1, 0.15) is 0 Å². The lowest BCUT2D eigenvalue weighted by Crippen LogP contribution is -2.05. The number of aryl methyl sites for hydroxylation is 1. The van der Waals surface area contributed by atoms with E-state index in [2.05, 4.69) is 19.2 Å². The fraction of sp³-hybridized carbons (Fsp3) is 0.786. The molecule has 1 N–H and O–H groups in total. The molecule has 0 aliphatic heterocycles. The van der Waals surface area contributed by atoms with Crippen LogP contribution in [0.2, 0.25) is 0 Å². The van der Waals surface area contributed by atoms with E-state index in [9.17, 15) is 0 Å². The fourth-order valence-corrected chi connectivity index (χ4v) is 4.01. The molecule has 0 aromatic carbocycles. The number of nitrogens with zero attached hydrogens (tertiary/aromatic N) is 1. The Morgan fingerprint density at radius 2 is 2.24 bits per heavy atom. The van der Waals surface area contributed by atoms with Gasteiger partial charge in [-0.25, -0.2) is 4.98 Å². The van der Waals surface area contributed by atoms with Gasteiger partial charge >= 0.3 is 0 Å². The van der Waals surface area contributed by atoms with Crippen molar-refractivity contribution < 1.29 is 0 Å². The standard InChI is InChI=1S/C14H24N2S/c1-4-5-12-13(9-15-3)17-14(16-12)11-7-6-10(2)8-11/h10-11,15H,4-9H2,1-3H3. The van der Waals surface area contributed by atoms with Crippen LogP contribution in [0, 0.1) is 5.92 Å². The Hall–Kier alpha value is -0.410. The van der Waals surface area contributed by atoms with Crippen LogP contribution in [0.3, 0.4) is 0 Å². The van der Waals surface area contributed by atoms with Crippen molar-refractivity contribution in [2.45, 2.75) is 58.4 Å². The maximum atomic E-state index is 4.91. The summed E-state index contributed by atoms with van der Waals surface area (Å²) in [6, 6.07) is 0. The lowest BCUT2D eigenvalue weighted by Gasteiger charge is -2.04. The van der Waals surface area contributed by atoms with Crippen LogP contribution in [0.25, 0.3) is 0 Å². The maximum Gasteiger partial charge on any atom is 0.0962 e. The van der Waals surface area contributed by atoms with E-state index in [4.69, 9.17) is 4.98 Å². The van der Waals surface area contributed by atoms with Crippen LogP contribution in [-0.4, -0.2) is 12.0 Å². The molecule has 1 aliphatic carbocycles. The molecule has 2 atom stereocenters. The highest BCUT2D eigenvalue weighted by atomic mass is 32.1. The zero-order valence-corrected chi connectivity index (χ0v) is 12.1. The average molecular weight is 252 g/mol. The third-order valence-electron chi connectivity index (χ3n) is 3.66. The minimum absolute atomic E-state index is 0.746. The van der Waals surface area contributed by atoms with Crippen molar-refractivity contribution in [1.29, 1.82) is 0 Å². The predicted octanol–water partition coefficient (Wildman–Crippen LogP) is 3.72. The molecule has 1 aliphatic rings. The van der Waals surface area contributed by atoms with Gasteiger partial charge in [-0.05, 0) is 32.2 Å². The van der Waals surface area contributed by atoms with Crippen LogP contribution in [0.5, 0.6) is 0 Å². The Bertz CT molecular complexity index is 336. The highest BCUT2D eigenvalue weighted by Crippen LogP contribution is 2.40. The quantitative estimate of drug-likeness (QED) is 0.864. The number of thiazole rings is 1. The number of hydrogen-bond acceptors (Lipinski definition) is 3. The lowest BCUT2D eigenvalue weighted by molar-refractivity contribution is 0.595. The van der Waals surface area contributed by atoms with E-state index in [0.29, 0.717) is 0 Å². The first kappa shape index (κ1) is 13.0. The molecule has 1 fully saturated rings. The molecule has 1 heterocycles. The molecule has 0 amide bonds. The van der Waals surface area contributed by atoms with E-state index < -0.39 is 0 Å². The van der Waals surface area contributed by atoms with Gasteiger partial charge in [0.2, 0.25) is 0 Å². The first-order valence-electron chi connectivity index (χ1n) is 6.87. The van der Waals surface area contributed by atoms with Gasteiger partial charge in [-0.3, -0.25) is 0 Å². The van der Waals surface area contributed by atoms with Crippen molar-refractivity contribution in [3.63, 3.8) is 0 Å². The summed E-state index contributed by atoms with van der Waals surface area (Å²) in [4.78, 5) is 6.38. The van der Waals surface area contributed by atoms with E-state index in [1.54, 1.807) is 0 Å². The highest BCUT2D eigenvalue weighted by molar-refractivity contribution is 7.11. The van der Waals surface area contributed by atoms with Crippen LogP contribution < -0.4 is 5.32 Å². The van der Waals surface area contributed by atoms with E-state index in [-0.39, 0.29) is 0 Å². The molecule has 1 aromatic rings. The molecule has 0 saturated heterocycles. The first-order valence-corrected chi connectivity index (χ1v) is 7.69. The number of rotatable bonds is 5.